The van der Waals surface area contributed by atoms with E-state index in [1.807, 2.05) is 0 Å². The van der Waals surface area contributed by atoms with Gasteiger partial charge in [-0.05, 0) is 26.0 Å². The Balaban J connectivity index is 3.31. The van der Waals surface area contributed by atoms with Gasteiger partial charge in [0.25, 0.3) is 0 Å². The molecule has 1 aromatic carbocycles. The highest BCUT2D eigenvalue weighted by Gasteiger charge is 2.22. The Morgan fingerprint density at radius 3 is 2.33 bits per heavy atom. The molecule has 0 radical (unpaired) electrons. The van der Waals surface area contributed by atoms with E-state index in [0.717, 1.165) is 0 Å². The van der Waals surface area contributed by atoms with Crippen molar-refractivity contribution in [2.75, 3.05) is 5.73 Å². The molecular formula is C9H12FNO. The molecule has 3 heteroatoms. The number of hydrogen-bond donors (Lipinski definition) is 2. The second-order valence-corrected chi connectivity index (χ2v) is 3.26. The quantitative estimate of drug-likeness (QED) is 0.628. The van der Waals surface area contributed by atoms with E-state index in [2.05, 4.69) is 0 Å². The number of anilines is 1. The van der Waals surface area contributed by atoms with Gasteiger partial charge in [-0.3, -0.25) is 0 Å². The van der Waals surface area contributed by atoms with Crippen LogP contribution >= 0.6 is 0 Å². The third-order valence-electron chi connectivity index (χ3n) is 1.66. The molecule has 0 saturated heterocycles. The van der Waals surface area contributed by atoms with E-state index in [0.29, 0.717) is 0 Å². The molecule has 1 aromatic rings. The van der Waals surface area contributed by atoms with Crippen LogP contribution in [0.3, 0.4) is 0 Å². The topological polar surface area (TPSA) is 46.2 Å². The Morgan fingerprint density at radius 2 is 2.00 bits per heavy atom. The lowest BCUT2D eigenvalue weighted by atomic mass is 9.96. The highest BCUT2D eigenvalue weighted by molar-refractivity contribution is 5.49. The third-order valence-corrected chi connectivity index (χ3v) is 1.66. The number of hydrogen-bond acceptors (Lipinski definition) is 2. The molecule has 2 nitrogen and oxygen atoms in total. The molecule has 0 aliphatic heterocycles. The molecule has 12 heavy (non-hydrogen) atoms. The van der Waals surface area contributed by atoms with Crippen molar-refractivity contribution >= 4 is 5.69 Å². The predicted octanol–water partition coefficient (Wildman–Crippen LogP) is 1.64. The molecule has 1 rings (SSSR count). The molecule has 0 amide bonds. The first-order valence-electron chi connectivity index (χ1n) is 3.70. The van der Waals surface area contributed by atoms with E-state index in [1.54, 1.807) is 6.07 Å². The predicted molar refractivity (Wildman–Crippen MR) is 46.1 cm³/mol. The van der Waals surface area contributed by atoms with E-state index < -0.39 is 11.4 Å². The van der Waals surface area contributed by atoms with Crippen LogP contribution in [0.1, 0.15) is 19.4 Å². The number of nitrogens with two attached hydrogens (primary N) is 1. The maximum Gasteiger partial charge on any atom is 0.131 e. The van der Waals surface area contributed by atoms with Crippen LogP contribution in [-0.4, -0.2) is 5.11 Å². The highest BCUT2D eigenvalue weighted by atomic mass is 19.1. The molecule has 0 unspecified atom stereocenters. The average molecular weight is 169 g/mol. The number of benzene rings is 1. The van der Waals surface area contributed by atoms with Gasteiger partial charge in [-0.2, -0.15) is 0 Å². The van der Waals surface area contributed by atoms with Gasteiger partial charge in [0.1, 0.15) is 5.82 Å². The second kappa shape index (κ2) is 2.75. The van der Waals surface area contributed by atoms with Crippen LogP contribution in [0.5, 0.6) is 0 Å². The molecule has 0 bridgehead atoms. The summed E-state index contributed by atoms with van der Waals surface area (Å²) in [5.41, 5.74) is 4.72. The zero-order valence-electron chi connectivity index (χ0n) is 7.13. The van der Waals surface area contributed by atoms with E-state index in [4.69, 9.17) is 5.73 Å². The van der Waals surface area contributed by atoms with Gasteiger partial charge in [-0.1, -0.05) is 6.07 Å². The number of nitrogen functional groups attached to an aromatic ring is 1. The van der Waals surface area contributed by atoms with Crippen molar-refractivity contribution < 1.29 is 9.50 Å². The summed E-state index contributed by atoms with van der Waals surface area (Å²) in [7, 11) is 0. The second-order valence-electron chi connectivity index (χ2n) is 3.26. The van der Waals surface area contributed by atoms with Crippen LogP contribution in [0, 0.1) is 5.82 Å². The van der Waals surface area contributed by atoms with Crippen molar-refractivity contribution in [3.05, 3.63) is 29.6 Å². The normalized spacial score (nSPS) is 11.7. The Kier molecular flexibility index (Phi) is 2.06. The highest BCUT2D eigenvalue weighted by Crippen LogP contribution is 2.27. The first-order valence-corrected chi connectivity index (χ1v) is 3.70. The summed E-state index contributed by atoms with van der Waals surface area (Å²) in [5.74, 6) is -0.470. The average Bonchev–Trinajstić information content (AvgIpc) is 1.82. The van der Waals surface area contributed by atoms with Crippen LogP contribution in [0.15, 0.2) is 18.2 Å². The van der Waals surface area contributed by atoms with Gasteiger partial charge in [0.2, 0.25) is 0 Å². The largest absolute Gasteiger partial charge is 0.398 e. The fourth-order valence-corrected chi connectivity index (χ4v) is 1.19. The maximum absolute atomic E-state index is 13.1. The molecule has 0 saturated carbocycles. The summed E-state index contributed by atoms with van der Waals surface area (Å²) in [6, 6.07) is 4.36. The van der Waals surface area contributed by atoms with Crippen LogP contribution < -0.4 is 5.73 Å². The molecular weight excluding hydrogens is 157 g/mol. The summed E-state index contributed by atoms with van der Waals surface area (Å²) < 4.78 is 13.1. The van der Waals surface area contributed by atoms with Gasteiger partial charge in [0, 0.05) is 11.3 Å². The minimum atomic E-state index is -1.23. The molecule has 0 heterocycles. The maximum atomic E-state index is 13.1. The standard InChI is InChI=1S/C9H12FNO/c1-9(2,12)8-6(10)4-3-5-7(8)11/h3-5,12H,11H2,1-2H3. The molecule has 0 aromatic heterocycles. The Bertz CT molecular complexity index is 271. The van der Waals surface area contributed by atoms with Crippen LogP contribution in [-0.2, 0) is 5.60 Å². The van der Waals surface area contributed by atoms with E-state index in [-0.39, 0.29) is 11.3 Å². The SMILES string of the molecule is CC(C)(O)c1c(N)cccc1F. The van der Waals surface area contributed by atoms with E-state index >= 15 is 0 Å². The molecule has 66 valence electrons. The van der Waals surface area contributed by atoms with Gasteiger partial charge < -0.3 is 10.8 Å². The van der Waals surface area contributed by atoms with Crippen LogP contribution in [0.25, 0.3) is 0 Å². The Hall–Kier alpha value is -1.09. The summed E-state index contributed by atoms with van der Waals surface area (Å²) in [6.45, 7) is 3.00. The summed E-state index contributed by atoms with van der Waals surface area (Å²) in [4.78, 5) is 0. The van der Waals surface area contributed by atoms with Crippen molar-refractivity contribution in [1.82, 2.24) is 0 Å². The molecule has 0 fully saturated rings. The number of rotatable bonds is 1. The molecule has 0 spiro atoms. The Morgan fingerprint density at radius 1 is 1.42 bits per heavy atom. The molecule has 3 N–H and O–H groups in total. The van der Waals surface area contributed by atoms with Gasteiger partial charge in [0.15, 0.2) is 0 Å². The summed E-state index contributed by atoms with van der Waals surface area (Å²) >= 11 is 0. The monoisotopic (exact) mass is 169 g/mol. The van der Waals surface area contributed by atoms with Crippen molar-refractivity contribution in [2.24, 2.45) is 0 Å². The molecule has 0 atom stereocenters. The Labute approximate surface area is 70.8 Å². The minimum absolute atomic E-state index is 0.157. The number of halogens is 1. The first-order chi connectivity index (χ1) is 5.43. The fourth-order valence-electron chi connectivity index (χ4n) is 1.19. The van der Waals surface area contributed by atoms with Gasteiger partial charge >= 0.3 is 0 Å². The van der Waals surface area contributed by atoms with Crippen molar-refractivity contribution in [1.29, 1.82) is 0 Å². The van der Waals surface area contributed by atoms with Gasteiger partial charge in [0.05, 0.1) is 5.60 Å². The van der Waals surface area contributed by atoms with Crippen molar-refractivity contribution in [3.63, 3.8) is 0 Å². The molecule has 0 aliphatic carbocycles. The first kappa shape index (κ1) is 9.00. The lowest BCUT2D eigenvalue weighted by Crippen LogP contribution is -2.19. The zero-order chi connectivity index (χ0) is 9.35. The van der Waals surface area contributed by atoms with Gasteiger partial charge in [-0.15, -0.1) is 0 Å². The zero-order valence-corrected chi connectivity index (χ0v) is 7.13. The summed E-state index contributed by atoms with van der Waals surface area (Å²) in [5, 5.41) is 9.53. The van der Waals surface area contributed by atoms with Gasteiger partial charge in [-0.25, -0.2) is 4.39 Å². The molecule has 0 aliphatic rings. The van der Waals surface area contributed by atoms with Crippen molar-refractivity contribution in [3.8, 4) is 0 Å². The lowest BCUT2D eigenvalue weighted by Gasteiger charge is -2.20. The van der Waals surface area contributed by atoms with E-state index in [9.17, 15) is 9.50 Å². The summed E-state index contributed by atoms with van der Waals surface area (Å²) in [6.07, 6.45) is 0. The van der Waals surface area contributed by atoms with Crippen molar-refractivity contribution in [2.45, 2.75) is 19.4 Å². The third kappa shape index (κ3) is 1.56. The van der Waals surface area contributed by atoms with E-state index in [1.165, 1.54) is 26.0 Å². The fraction of sp³-hybridized carbons (Fsp3) is 0.333. The minimum Gasteiger partial charge on any atom is -0.398 e. The van der Waals surface area contributed by atoms with Crippen LogP contribution in [0.4, 0.5) is 10.1 Å². The van der Waals surface area contributed by atoms with Crippen LogP contribution in [0.2, 0.25) is 0 Å². The smallest absolute Gasteiger partial charge is 0.131 e. The lowest BCUT2D eigenvalue weighted by molar-refractivity contribution is 0.0754. The number of aliphatic hydroxyl groups is 1.